The largest absolute Gasteiger partial charge is 0.457 e. The highest BCUT2D eigenvalue weighted by Crippen LogP contribution is 2.52. The third-order valence-corrected chi connectivity index (χ3v) is 13.9. The van der Waals surface area contributed by atoms with E-state index in [9.17, 15) is 19.2 Å². The molecule has 7 aromatic carbocycles. The second kappa shape index (κ2) is 20.9. The van der Waals surface area contributed by atoms with Crippen molar-refractivity contribution in [2.75, 3.05) is 52.4 Å². The molecule has 0 bridgehead atoms. The molecule has 0 fully saturated rings. The normalized spacial score (nSPS) is 13.8. The smallest absolute Gasteiger partial charge is 0.261 e. The van der Waals surface area contributed by atoms with Crippen molar-refractivity contribution in [3.05, 3.63) is 119 Å². The molecule has 2 heterocycles. The molecule has 0 N–H and O–H groups in total. The zero-order valence-corrected chi connectivity index (χ0v) is 40.2. The van der Waals surface area contributed by atoms with Gasteiger partial charge in [0.05, 0.1) is 11.1 Å². The molecule has 0 radical (unpaired) electrons. The molecule has 0 unspecified atom stereocenters. The third kappa shape index (κ3) is 8.92. The van der Waals surface area contributed by atoms with E-state index in [1.54, 1.807) is 12.1 Å². The minimum atomic E-state index is -0.357. The summed E-state index contributed by atoms with van der Waals surface area (Å²) in [6, 6.07) is 30.0. The van der Waals surface area contributed by atoms with E-state index in [4.69, 9.17) is 9.47 Å². The molecule has 0 atom stereocenters. The molecule has 68 heavy (non-hydrogen) atoms. The minimum absolute atomic E-state index is 0.295. The summed E-state index contributed by atoms with van der Waals surface area (Å²) in [5, 5.41) is 5.32. The van der Waals surface area contributed by atoms with Crippen LogP contribution in [-0.4, -0.2) is 95.6 Å². The minimum Gasteiger partial charge on any atom is -0.457 e. The second-order valence-electron chi connectivity index (χ2n) is 18.6. The summed E-state index contributed by atoms with van der Waals surface area (Å²) in [5.74, 6) is 0.674. The number of benzene rings is 7. The zero-order valence-electron chi connectivity index (χ0n) is 40.2. The Kier molecular flexibility index (Phi) is 14.4. The quantitative estimate of drug-likeness (QED) is 0.0336. The number of nitrogens with zero attached hydrogens (tertiary/aromatic N) is 4. The van der Waals surface area contributed by atoms with Gasteiger partial charge in [0.25, 0.3) is 23.6 Å². The molecular weight excluding hydrogens is 849 g/mol. The van der Waals surface area contributed by atoms with Crippen molar-refractivity contribution in [3.8, 4) is 23.0 Å². The van der Waals surface area contributed by atoms with Crippen LogP contribution < -0.4 is 9.47 Å². The van der Waals surface area contributed by atoms with Gasteiger partial charge in [0.2, 0.25) is 0 Å². The highest BCUT2D eigenvalue weighted by Gasteiger charge is 2.39. The summed E-state index contributed by atoms with van der Waals surface area (Å²) in [6.45, 7) is 15.0. The molecule has 9 rings (SSSR count). The average molecular weight is 913 g/mol. The van der Waals surface area contributed by atoms with Crippen LogP contribution in [0.15, 0.2) is 97.1 Å². The van der Waals surface area contributed by atoms with Crippen molar-refractivity contribution in [1.82, 2.24) is 19.6 Å². The van der Waals surface area contributed by atoms with Crippen LogP contribution >= 0.6 is 0 Å². The number of hydrogen-bond acceptors (Lipinski definition) is 8. The summed E-state index contributed by atoms with van der Waals surface area (Å²) < 4.78 is 13.6. The lowest BCUT2D eigenvalue weighted by Gasteiger charge is -2.32. The van der Waals surface area contributed by atoms with Crippen LogP contribution in [0, 0.1) is 0 Å². The van der Waals surface area contributed by atoms with Gasteiger partial charge < -0.3 is 19.3 Å². The average Bonchev–Trinajstić information content (AvgIpc) is 3.36. The maximum atomic E-state index is 14.9. The van der Waals surface area contributed by atoms with Gasteiger partial charge in [-0.05, 0) is 137 Å². The third-order valence-electron chi connectivity index (χ3n) is 13.9. The summed E-state index contributed by atoms with van der Waals surface area (Å²) in [6.07, 6.45) is 10.2. The molecule has 0 aliphatic carbocycles. The summed E-state index contributed by atoms with van der Waals surface area (Å²) in [7, 11) is 0. The van der Waals surface area contributed by atoms with Gasteiger partial charge in [0.15, 0.2) is 0 Å². The van der Waals surface area contributed by atoms with E-state index in [1.807, 2.05) is 84.9 Å². The molecule has 7 aromatic rings. The number of hydrogen-bond donors (Lipinski definition) is 0. The van der Waals surface area contributed by atoms with Gasteiger partial charge in [0.1, 0.15) is 23.0 Å². The fraction of sp³-hybridized carbons (Fsp3) is 0.379. The lowest BCUT2D eigenvalue weighted by Crippen LogP contribution is -2.42. The van der Waals surface area contributed by atoms with Crippen LogP contribution in [0.4, 0.5) is 0 Å². The Labute approximate surface area is 400 Å². The van der Waals surface area contributed by atoms with Crippen molar-refractivity contribution in [2.45, 2.75) is 91.9 Å². The highest BCUT2D eigenvalue weighted by molar-refractivity contribution is 6.43. The number of ether oxygens (including phenoxy) is 2. The van der Waals surface area contributed by atoms with E-state index in [0.29, 0.717) is 104 Å². The van der Waals surface area contributed by atoms with Gasteiger partial charge in [-0.1, -0.05) is 102 Å². The van der Waals surface area contributed by atoms with E-state index in [1.165, 1.54) is 9.80 Å². The van der Waals surface area contributed by atoms with Crippen molar-refractivity contribution >= 4 is 66.7 Å². The first kappa shape index (κ1) is 46.7. The summed E-state index contributed by atoms with van der Waals surface area (Å²) in [5.41, 5.74) is 1.68. The van der Waals surface area contributed by atoms with Crippen LogP contribution in [0.5, 0.6) is 23.0 Å². The maximum Gasteiger partial charge on any atom is 0.261 e. The molecular formula is C58H64N4O6. The van der Waals surface area contributed by atoms with E-state index in [2.05, 4.69) is 37.5 Å². The summed E-state index contributed by atoms with van der Waals surface area (Å²) in [4.78, 5) is 66.9. The highest BCUT2D eigenvalue weighted by atomic mass is 16.5. The van der Waals surface area contributed by atoms with Crippen molar-refractivity contribution in [1.29, 1.82) is 0 Å². The van der Waals surface area contributed by atoms with Gasteiger partial charge in [-0.3, -0.25) is 29.0 Å². The topological polar surface area (TPSA) is 99.7 Å². The van der Waals surface area contributed by atoms with Gasteiger partial charge in [-0.2, -0.15) is 0 Å². The molecule has 0 saturated heterocycles. The van der Waals surface area contributed by atoms with Crippen LogP contribution in [0.2, 0.25) is 0 Å². The number of unbranched alkanes of at least 4 members (excludes halogenated alkanes) is 4. The van der Waals surface area contributed by atoms with E-state index in [0.717, 1.165) is 101 Å². The number of rotatable bonds is 24. The van der Waals surface area contributed by atoms with Gasteiger partial charge in [-0.25, -0.2) is 0 Å². The second-order valence-corrected chi connectivity index (χ2v) is 18.6. The molecule has 0 saturated carbocycles. The van der Waals surface area contributed by atoms with E-state index < -0.39 is 0 Å². The Hall–Kier alpha value is -6.36. The number of carbonyl (C=O) groups excluding carboxylic acids is 4. The van der Waals surface area contributed by atoms with Crippen molar-refractivity contribution < 1.29 is 28.7 Å². The van der Waals surface area contributed by atoms with Gasteiger partial charge >= 0.3 is 0 Å². The first-order chi connectivity index (χ1) is 33.3. The first-order valence-electron chi connectivity index (χ1n) is 25.2. The summed E-state index contributed by atoms with van der Waals surface area (Å²) >= 11 is 0. The molecule has 352 valence electrons. The number of imide groups is 2. The zero-order chi connectivity index (χ0) is 47.3. The van der Waals surface area contributed by atoms with Crippen LogP contribution in [-0.2, 0) is 0 Å². The Balaban J connectivity index is 1.21. The Morgan fingerprint density at radius 1 is 0.382 bits per heavy atom. The molecule has 2 aliphatic rings. The fourth-order valence-electron chi connectivity index (χ4n) is 10.4. The van der Waals surface area contributed by atoms with Crippen molar-refractivity contribution in [2.24, 2.45) is 0 Å². The Bertz CT molecular complexity index is 2750. The van der Waals surface area contributed by atoms with Gasteiger partial charge in [0, 0.05) is 56.5 Å². The van der Waals surface area contributed by atoms with Gasteiger partial charge in [-0.15, -0.1) is 0 Å². The number of para-hydroxylation sites is 2. The van der Waals surface area contributed by atoms with Crippen molar-refractivity contribution in [3.63, 3.8) is 0 Å². The Morgan fingerprint density at radius 3 is 1.07 bits per heavy atom. The van der Waals surface area contributed by atoms with Crippen LogP contribution in [0.1, 0.15) is 133 Å². The van der Waals surface area contributed by atoms with E-state index in [-0.39, 0.29) is 23.6 Å². The Morgan fingerprint density at radius 2 is 0.721 bits per heavy atom. The predicted molar refractivity (Wildman–Crippen MR) is 273 cm³/mol. The van der Waals surface area contributed by atoms with E-state index >= 15 is 0 Å². The molecule has 4 amide bonds. The predicted octanol–water partition coefficient (Wildman–Crippen LogP) is 13.1. The monoisotopic (exact) mass is 912 g/mol. The molecule has 10 heteroatoms. The lowest BCUT2D eigenvalue weighted by atomic mass is 9.81. The first-order valence-corrected chi connectivity index (χ1v) is 25.2. The maximum absolute atomic E-state index is 14.9. The standard InChI is InChI=1S/C58H64N4O6/c1-5-9-29-59(30-10-6-2)33-19-35-61-55(63)43-27-25-41-52-48(68-40-23-17-14-18-24-40)38-46-50-44(56(64)62(58(46)66)36-20-34-60(31-11-7-3)32-12-8-4)28-26-42(54(50)52)51-47(67-39-21-15-13-16-22-39)37-45(57(61)65)49(43)53(41)51/h13-18,21-28,37-38H,5-12,19-20,29-36H2,1-4H3. The number of carbonyl (C=O) groups is 4. The van der Waals surface area contributed by atoms with Crippen LogP contribution in [0.25, 0.3) is 43.1 Å². The molecule has 10 nitrogen and oxygen atoms in total. The number of fused-ring (bicyclic) bond motifs is 2. The molecule has 2 aliphatic heterocycles. The molecule has 0 spiro atoms. The fourth-order valence-corrected chi connectivity index (χ4v) is 10.4. The molecule has 0 aromatic heterocycles. The SMILES string of the molecule is CCCCN(CCCC)CCCN1C(=O)c2ccc3c4c(Oc5ccccc5)cc5c6c(ccc(c7c(Oc8ccccc8)cc(c2c37)C1=O)c64)C(=O)N(CCCN(CCCC)CCCC)C5=O. The van der Waals surface area contributed by atoms with Crippen LogP contribution in [0.3, 0.4) is 0 Å². The number of amides is 4. The lowest BCUT2D eigenvalue weighted by molar-refractivity contribution is 0.0588.